The molecule has 2 nitrogen and oxygen atoms in total. The lowest BCUT2D eigenvalue weighted by Gasteiger charge is -2.29. The molecule has 0 aromatic heterocycles. The molecule has 1 saturated carbocycles. The quantitative estimate of drug-likeness (QED) is 0.637. The van der Waals surface area contributed by atoms with Crippen molar-refractivity contribution in [2.45, 2.75) is 52.4 Å². The Morgan fingerprint density at radius 3 is 2.61 bits per heavy atom. The van der Waals surface area contributed by atoms with Gasteiger partial charge in [-0.2, -0.15) is 0 Å². The fourth-order valence-corrected chi connectivity index (χ4v) is 5.00. The molecule has 0 aliphatic heterocycles. The van der Waals surface area contributed by atoms with Gasteiger partial charge in [0.25, 0.3) is 5.91 Å². The molecule has 4 rings (SSSR count). The number of benzene rings is 2. The molecule has 28 heavy (non-hydrogen) atoms. The molecule has 2 aromatic carbocycles. The van der Waals surface area contributed by atoms with Crippen molar-refractivity contribution in [2.24, 2.45) is 11.8 Å². The monoisotopic (exact) mass is 377 g/mol. The maximum absolute atomic E-state index is 13.9. The highest BCUT2D eigenvalue weighted by Gasteiger charge is 2.32. The normalized spacial score (nSPS) is 21.5. The van der Waals surface area contributed by atoms with Gasteiger partial charge in [-0.3, -0.25) is 4.79 Å². The van der Waals surface area contributed by atoms with E-state index in [1.54, 1.807) is 12.1 Å². The molecule has 1 N–H and O–H groups in total. The summed E-state index contributed by atoms with van der Waals surface area (Å²) >= 11 is 0. The van der Waals surface area contributed by atoms with Crippen LogP contribution in [0.25, 0.3) is 5.57 Å². The zero-order valence-electron chi connectivity index (χ0n) is 16.7. The van der Waals surface area contributed by atoms with Gasteiger partial charge in [0.05, 0.1) is 5.56 Å². The van der Waals surface area contributed by atoms with E-state index < -0.39 is 11.7 Å². The van der Waals surface area contributed by atoms with E-state index in [9.17, 15) is 9.18 Å². The van der Waals surface area contributed by atoms with Crippen molar-refractivity contribution in [3.05, 3.63) is 70.5 Å². The highest BCUT2D eigenvalue weighted by atomic mass is 19.1. The number of carbonyl (C=O) groups is 1. The van der Waals surface area contributed by atoms with Gasteiger partial charge < -0.3 is 5.32 Å². The third-order valence-corrected chi connectivity index (χ3v) is 6.57. The first-order valence-electron chi connectivity index (χ1n) is 10.4. The molecule has 2 atom stereocenters. The number of nitrogens with one attached hydrogen (secondary N) is 1. The highest BCUT2D eigenvalue weighted by Crippen LogP contribution is 2.47. The molecule has 0 radical (unpaired) electrons. The van der Waals surface area contributed by atoms with Crippen molar-refractivity contribution < 1.29 is 9.18 Å². The van der Waals surface area contributed by atoms with Crippen LogP contribution in [0.3, 0.4) is 0 Å². The molecule has 2 aliphatic carbocycles. The van der Waals surface area contributed by atoms with E-state index in [2.05, 4.69) is 31.3 Å². The Bertz CT molecular complexity index is 930. The summed E-state index contributed by atoms with van der Waals surface area (Å²) in [5.41, 5.74) is 6.23. The Morgan fingerprint density at radius 1 is 1.11 bits per heavy atom. The third-order valence-electron chi connectivity index (χ3n) is 6.57. The Kier molecular flexibility index (Phi) is 5.34. The summed E-state index contributed by atoms with van der Waals surface area (Å²) in [5.74, 6) is 0.823. The average molecular weight is 378 g/mol. The van der Waals surface area contributed by atoms with Gasteiger partial charge in [-0.05, 0) is 91.8 Å². The number of rotatable bonds is 4. The fraction of sp³-hybridized carbons (Fsp3) is 0.400. The van der Waals surface area contributed by atoms with Crippen LogP contribution >= 0.6 is 0 Å². The maximum atomic E-state index is 13.9. The number of hydrogen-bond donors (Lipinski definition) is 1. The number of fused-ring (bicyclic) bond motifs is 1. The minimum Gasteiger partial charge on any atom is -0.322 e. The van der Waals surface area contributed by atoms with Gasteiger partial charge in [0.2, 0.25) is 0 Å². The molecular weight excluding hydrogens is 349 g/mol. The molecular formula is C25H28FNO. The topological polar surface area (TPSA) is 29.1 Å². The Morgan fingerprint density at radius 2 is 1.86 bits per heavy atom. The number of amides is 1. The molecule has 1 amide bonds. The smallest absolute Gasteiger partial charge is 0.258 e. The molecule has 2 aromatic rings. The summed E-state index contributed by atoms with van der Waals surface area (Å²) in [6.45, 7) is 4.37. The van der Waals surface area contributed by atoms with Gasteiger partial charge in [0, 0.05) is 5.69 Å². The van der Waals surface area contributed by atoms with Crippen molar-refractivity contribution in [3.63, 3.8) is 0 Å². The number of halogens is 1. The summed E-state index contributed by atoms with van der Waals surface area (Å²) < 4.78 is 13.9. The van der Waals surface area contributed by atoms with Crippen LogP contribution in [-0.4, -0.2) is 5.91 Å². The molecule has 2 unspecified atom stereocenters. The predicted octanol–water partition coefficient (Wildman–Crippen LogP) is 6.62. The van der Waals surface area contributed by atoms with E-state index in [1.165, 1.54) is 60.9 Å². The fourth-order valence-electron chi connectivity index (χ4n) is 5.00. The van der Waals surface area contributed by atoms with Crippen LogP contribution in [0.15, 0.2) is 48.0 Å². The second kappa shape index (κ2) is 7.90. The summed E-state index contributed by atoms with van der Waals surface area (Å²) in [4.78, 5) is 12.5. The molecule has 3 heteroatoms. The van der Waals surface area contributed by atoms with Gasteiger partial charge >= 0.3 is 0 Å². The van der Waals surface area contributed by atoms with Gasteiger partial charge in [0.1, 0.15) is 5.82 Å². The Balaban J connectivity index is 1.59. The SMILES string of the molecule is CCc1cc(C2=C(C)CC3CCCC3C2)ccc1NC(=O)c1ccccc1F. The Labute approximate surface area is 166 Å². The largest absolute Gasteiger partial charge is 0.322 e. The zero-order chi connectivity index (χ0) is 19.7. The second-order valence-electron chi connectivity index (χ2n) is 8.28. The summed E-state index contributed by atoms with van der Waals surface area (Å²) in [6.07, 6.45) is 7.35. The van der Waals surface area contributed by atoms with Crippen LogP contribution in [0, 0.1) is 17.7 Å². The highest BCUT2D eigenvalue weighted by molar-refractivity contribution is 6.04. The van der Waals surface area contributed by atoms with Crippen LogP contribution in [0.4, 0.5) is 10.1 Å². The van der Waals surface area contributed by atoms with Crippen molar-refractivity contribution in [1.29, 1.82) is 0 Å². The van der Waals surface area contributed by atoms with Crippen molar-refractivity contribution in [2.75, 3.05) is 5.32 Å². The second-order valence-corrected chi connectivity index (χ2v) is 8.28. The van der Waals surface area contributed by atoms with Gasteiger partial charge in [-0.25, -0.2) is 4.39 Å². The zero-order valence-corrected chi connectivity index (χ0v) is 16.7. The van der Waals surface area contributed by atoms with Crippen molar-refractivity contribution in [1.82, 2.24) is 0 Å². The van der Waals surface area contributed by atoms with E-state index >= 15 is 0 Å². The molecule has 0 heterocycles. The number of hydrogen-bond acceptors (Lipinski definition) is 1. The summed E-state index contributed by atoms with van der Waals surface area (Å²) in [6, 6.07) is 12.4. The van der Waals surface area contributed by atoms with Crippen molar-refractivity contribution in [3.8, 4) is 0 Å². The van der Waals surface area contributed by atoms with Crippen molar-refractivity contribution >= 4 is 17.2 Å². The molecule has 0 spiro atoms. The van der Waals surface area contributed by atoms with E-state index in [0.717, 1.165) is 29.5 Å². The van der Waals surface area contributed by atoms with Crippen LogP contribution in [0.1, 0.15) is 67.4 Å². The first kappa shape index (κ1) is 18.9. The number of allylic oxidation sites excluding steroid dienone is 2. The molecule has 0 bridgehead atoms. The lowest BCUT2D eigenvalue weighted by Crippen LogP contribution is -2.16. The minimum atomic E-state index is -0.497. The molecule has 2 aliphatic rings. The first-order chi connectivity index (χ1) is 13.6. The first-order valence-corrected chi connectivity index (χ1v) is 10.4. The lowest BCUT2D eigenvalue weighted by molar-refractivity contribution is 0.102. The van der Waals surface area contributed by atoms with Gasteiger partial charge in [-0.15, -0.1) is 0 Å². The van der Waals surface area contributed by atoms with E-state index in [1.807, 2.05) is 6.07 Å². The Hall–Kier alpha value is -2.42. The number of carbonyl (C=O) groups excluding carboxylic acids is 1. The third kappa shape index (κ3) is 3.63. The minimum absolute atomic E-state index is 0.0757. The summed E-state index contributed by atoms with van der Waals surface area (Å²) in [7, 11) is 0. The molecule has 1 fully saturated rings. The van der Waals surface area contributed by atoms with Crippen LogP contribution in [-0.2, 0) is 6.42 Å². The average Bonchev–Trinajstić information content (AvgIpc) is 3.15. The van der Waals surface area contributed by atoms with Crippen LogP contribution in [0.2, 0.25) is 0 Å². The number of aryl methyl sites for hydroxylation is 1. The molecule has 146 valence electrons. The standard InChI is InChI=1S/C25H28FNO/c1-3-17-14-20(22-15-19-8-6-7-18(19)13-16(22)2)11-12-24(17)27-25(28)21-9-4-5-10-23(21)26/h4-5,9-12,14,18-19H,3,6-8,13,15H2,1-2H3,(H,27,28). The van der Waals surface area contributed by atoms with Crippen LogP contribution in [0.5, 0.6) is 0 Å². The number of anilines is 1. The predicted molar refractivity (Wildman–Crippen MR) is 113 cm³/mol. The maximum Gasteiger partial charge on any atom is 0.258 e. The van der Waals surface area contributed by atoms with E-state index in [0.29, 0.717) is 0 Å². The van der Waals surface area contributed by atoms with Crippen LogP contribution < -0.4 is 5.32 Å². The van der Waals surface area contributed by atoms with Gasteiger partial charge in [-0.1, -0.05) is 37.1 Å². The van der Waals surface area contributed by atoms with Gasteiger partial charge in [0.15, 0.2) is 0 Å². The van der Waals surface area contributed by atoms with E-state index in [-0.39, 0.29) is 5.56 Å². The lowest BCUT2D eigenvalue weighted by atomic mass is 9.76. The van der Waals surface area contributed by atoms with E-state index in [4.69, 9.17) is 0 Å². The molecule has 0 saturated heterocycles. The summed E-state index contributed by atoms with van der Waals surface area (Å²) in [5, 5.41) is 2.90.